The molecule has 2 aromatic carbocycles. The molecule has 158 valence electrons. The van der Waals surface area contributed by atoms with Crippen molar-refractivity contribution in [3.05, 3.63) is 81.7 Å². The molecular formula is C24H22N2O4S. The third-order valence-corrected chi connectivity index (χ3v) is 6.56. The highest BCUT2D eigenvalue weighted by Gasteiger charge is 2.28. The average Bonchev–Trinajstić information content (AvgIpc) is 3.11. The Bertz CT molecular complexity index is 1140. The summed E-state index contributed by atoms with van der Waals surface area (Å²) in [6.45, 7) is 2.19. The van der Waals surface area contributed by atoms with Crippen molar-refractivity contribution >= 4 is 39.8 Å². The van der Waals surface area contributed by atoms with Gasteiger partial charge >= 0.3 is 5.97 Å². The molecule has 1 aliphatic rings. The van der Waals surface area contributed by atoms with Crippen LogP contribution in [0.4, 0.5) is 10.7 Å². The monoisotopic (exact) mass is 434 g/mol. The average molecular weight is 435 g/mol. The smallest absolute Gasteiger partial charge is 0.335 e. The van der Waals surface area contributed by atoms with Gasteiger partial charge in [0.25, 0.3) is 11.8 Å². The minimum absolute atomic E-state index is 0.149. The zero-order valence-corrected chi connectivity index (χ0v) is 17.8. The Balaban J connectivity index is 1.64. The first kappa shape index (κ1) is 20.8. The predicted octanol–water partition coefficient (Wildman–Crippen LogP) is 5.08. The molecule has 7 heteroatoms. The summed E-state index contributed by atoms with van der Waals surface area (Å²) >= 11 is 1.46. The summed E-state index contributed by atoms with van der Waals surface area (Å²) in [6.07, 6.45) is 2.66. The van der Waals surface area contributed by atoms with E-state index in [1.54, 1.807) is 36.4 Å². The van der Waals surface area contributed by atoms with Gasteiger partial charge < -0.3 is 15.7 Å². The summed E-state index contributed by atoms with van der Waals surface area (Å²) in [5, 5.41) is 15.4. The summed E-state index contributed by atoms with van der Waals surface area (Å²) in [4.78, 5) is 38.1. The second-order valence-electron chi connectivity index (χ2n) is 7.71. The zero-order chi connectivity index (χ0) is 22.0. The molecule has 6 nitrogen and oxygen atoms in total. The van der Waals surface area contributed by atoms with Crippen LogP contribution in [0.15, 0.2) is 54.6 Å². The standard InChI is InChI=1S/C24H22N2O4S/c1-14-7-12-18-19(13-14)31-23(26-21(27)15-5-3-2-4-6-15)20(18)22(28)25-17-10-8-16(9-11-17)24(29)30/h2-6,8-11,14H,7,12-13H2,1H3,(H,25,28)(H,26,27)(H,29,30). The van der Waals surface area contributed by atoms with Gasteiger partial charge in [-0.1, -0.05) is 25.1 Å². The largest absolute Gasteiger partial charge is 0.478 e. The maximum atomic E-state index is 13.2. The Kier molecular flexibility index (Phi) is 5.86. The van der Waals surface area contributed by atoms with Crippen LogP contribution in [-0.2, 0) is 12.8 Å². The molecule has 0 fully saturated rings. The van der Waals surface area contributed by atoms with Crippen molar-refractivity contribution in [3.8, 4) is 0 Å². The minimum Gasteiger partial charge on any atom is -0.478 e. The fourth-order valence-corrected chi connectivity index (χ4v) is 5.14. The molecule has 0 saturated carbocycles. The van der Waals surface area contributed by atoms with Crippen molar-refractivity contribution in [1.82, 2.24) is 0 Å². The van der Waals surface area contributed by atoms with Crippen molar-refractivity contribution in [3.63, 3.8) is 0 Å². The molecule has 0 aliphatic heterocycles. The van der Waals surface area contributed by atoms with Gasteiger partial charge in [0.15, 0.2) is 0 Å². The second-order valence-corrected chi connectivity index (χ2v) is 8.82. The number of hydrogen-bond acceptors (Lipinski definition) is 4. The molecule has 1 aromatic heterocycles. The van der Waals surface area contributed by atoms with E-state index in [-0.39, 0.29) is 17.4 Å². The van der Waals surface area contributed by atoms with Gasteiger partial charge in [0, 0.05) is 16.1 Å². The van der Waals surface area contributed by atoms with E-state index in [4.69, 9.17) is 5.11 Å². The van der Waals surface area contributed by atoms with Gasteiger partial charge in [-0.3, -0.25) is 9.59 Å². The Hall–Kier alpha value is -3.45. The number of carboxylic acid groups (broad SMARTS) is 1. The van der Waals surface area contributed by atoms with E-state index in [0.717, 1.165) is 29.7 Å². The van der Waals surface area contributed by atoms with E-state index in [0.29, 0.717) is 27.7 Å². The van der Waals surface area contributed by atoms with E-state index in [9.17, 15) is 14.4 Å². The molecule has 31 heavy (non-hydrogen) atoms. The van der Waals surface area contributed by atoms with Gasteiger partial charge in [0.1, 0.15) is 5.00 Å². The lowest BCUT2D eigenvalue weighted by molar-refractivity contribution is 0.0696. The number of aromatic carboxylic acids is 1. The quantitative estimate of drug-likeness (QED) is 0.522. The summed E-state index contributed by atoms with van der Waals surface area (Å²) in [5.41, 5.74) is 2.66. The van der Waals surface area contributed by atoms with Gasteiger partial charge in [-0.25, -0.2) is 4.79 Å². The van der Waals surface area contributed by atoms with Crippen LogP contribution in [0, 0.1) is 5.92 Å². The van der Waals surface area contributed by atoms with Gasteiger partial charge in [-0.2, -0.15) is 0 Å². The van der Waals surface area contributed by atoms with Crippen LogP contribution < -0.4 is 10.6 Å². The number of amides is 2. The minimum atomic E-state index is -1.02. The maximum absolute atomic E-state index is 13.2. The molecule has 3 N–H and O–H groups in total. The molecule has 0 saturated heterocycles. The lowest BCUT2D eigenvalue weighted by atomic mass is 9.88. The fourth-order valence-electron chi connectivity index (χ4n) is 3.73. The van der Waals surface area contributed by atoms with E-state index >= 15 is 0 Å². The second kappa shape index (κ2) is 8.73. The Morgan fingerprint density at radius 2 is 1.65 bits per heavy atom. The normalized spacial score (nSPS) is 15.1. The fraction of sp³-hybridized carbons (Fsp3) is 0.208. The van der Waals surface area contributed by atoms with Crippen molar-refractivity contribution in [1.29, 1.82) is 0 Å². The number of hydrogen-bond donors (Lipinski definition) is 3. The van der Waals surface area contributed by atoms with Gasteiger partial charge in [0.2, 0.25) is 0 Å². The number of thiophene rings is 1. The molecule has 1 aliphatic carbocycles. The maximum Gasteiger partial charge on any atom is 0.335 e. The zero-order valence-electron chi connectivity index (χ0n) is 17.0. The number of nitrogens with one attached hydrogen (secondary N) is 2. The summed E-state index contributed by atoms with van der Waals surface area (Å²) in [6, 6.07) is 14.9. The number of benzene rings is 2. The molecule has 2 amide bonds. The van der Waals surface area contributed by atoms with E-state index in [1.165, 1.54) is 23.5 Å². The highest BCUT2D eigenvalue weighted by Crippen LogP contribution is 2.40. The number of rotatable bonds is 5. The molecule has 1 unspecified atom stereocenters. The van der Waals surface area contributed by atoms with E-state index in [2.05, 4.69) is 17.6 Å². The van der Waals surface area contributed by atoms with Crippen LogP contribution in [-0.4, -0.2) is 22.9 Å². The molecule has 0 bridgehead atoms. The first-order valence-electron chi connectivity index (χ1n) is 10.1. The van der Waals surface area contributed by atoms with Gasteiger partial charge in [-0.05, 0) is 67.1 Å². The van der Waals surface area contributed by atoms with Gasteiger partial charge in [0.05, 0.1) is 11.1 Å². The van der Waals surface area contributed by atoms with Crippen LogP contribution in [0.1, 0.15) is 54.9 Å². The molecule has 4 rings (SSSR count). The SMILES string of the molecule is CC1CCc2c(sc(NC(=O)c3ccccc3)c2C(=O)Nc2ccc(C(=O)O)cc2)C1. The highest BCUT2D eigenvalue weighted by molar-refractivity contribution is 7.17. The third-order valence-electron chi connectivity index (χ3n) is 5.39. The Morgan fingerprint density at radius 3 is 2.32 bits per heavy atom. The highest BCUT2D eigenvalue weighted by atomic mass is 32.1. The van der Waals surface area contributed by atoms with Crippen LogP contribution >= 0.6 is 11.3 Å². The summed E-state index contributed by atoms with van der Waals surface area (Å²) in [7, 11) is 0. The number of anilines is 2. The summed E-state index contributed by atoms with van der Waals surface area (Å²) < 4.78 is 0. The van der Waals surface area contributed by atoms with Crippen molar-refractivity contribution < 1.29 is 19.5 Å². The molecular weight excluding hydrogens is 412 g/mol. The number of carbonyl (C=O) groups excluding carboxylic acids is 2. The van der Waals surface area contributed by atoms with Gasteiger partial charge in [-0.15, -0.1) is 11.3 Å². The molecule has 0 spiro atoms. The molecule has 1 heterocycles. The lowest BCUT2D eigenvalue weighted by Gasteiger charge is -2.18. The van der Waals surface area contributed by atoms with Crippen LogP contribution in [0.2, 0.25) is 0 Å². The Labute approximate surface area is 183 Å². The number of fused-ring (bicyclic) bond motifs is 1. The van der Waals surface area contributed by atoms with Crippen molar-refractivity contribution in [2.45, 2.75) is 26.2 Å². The predicted molar refractivity (Wildman–Crippen MR) is 121 cm³/mol. The van der Waals surface area contributed by atoms with Crippen molar-refractivity contribution in [2.75, 3.05) is 10.6 Å². The molecule has 0 radical (unpaired) electrons. The summed E-state index contributed by atoms with van der Waals surface area (Å²) in [5.74, 6) is -1.06. The topological polar surface area (TPSA) is 95.5 Å². The molecule has 3 aromatic rings. The van der Waals surface area contributed by atoms with E-state index in [1.807, 2.05) is 6.07 Å². The first-order valence-corrected chi connectivity index (χ1v) is 10.9. The van der Waals surface area contributed by atoms with Crippen LogP contribution in [0.25, 0.3) is 0 Å². The van der Waals surface area contributed by atoms with Crippen molar-refractivity contribution in [2.24, 2.45) is 5.92 Å². The third kappa shape index (κ3) is 4.51. The number of carboxylic acids is 1. The lowest BCUT2D eigenvalue weighted by Crippen LogP contribution is -2.19. The molecule has 1 atom stereocenters. The first-order chi connectivity index (χ1) is 14.9. The van der Waals surface area contributed by atoms with E-state index < -0.39 is 5.97 Å². The number of carbonyl (C=O) groups is 3. The Morgan fingerprint density at radius 1 is 0.935 bits per heavy atom. The van der Waals surface area contributed by atoms with Crippen LogP contribution in [0.5, 0.6) is 0 Å². The van der Waals surface area contributed by atoms with Crippen LogP contribution in [0.3, 0.4) is 0 Å².